The molecule has 0 aliphatic rings. The van der Waals surface area contributed by atoms with Crippen LogP contribution >= 0.6 is 0 Å². The Hall–Kier alpha value is -2.51. The lowest BCUT2D eigenvalue weighted by atomic mass is 10.1. The highest BCUT2D eigenvalue weighted by Crippen LogP contribution is 2.29. The summed E-state index contributed by atoms with van der Waals surface area (Å²) in [4.78, 5) is 11.9. The second-order valence-corrected chi connectivity index (χ2v) is 4.17. The molecule has 0 aliphatic heterocycles. The van der Waals surface area contributed by atoms with Gasteiger partial charge in [0.2, 0.25) is 0 Å². The van der Waals surface area contributed by atoms with Gasteiger partial charge in [-0.05, 0) is 25.1 Å². The molecule has 21 heavy (non-hydrogen) atoms. The molecule has 0 atom stereocenters. The van der Waals surface area contributed by atoms with Crippen LogP contribution in [0.5, 0.6) is 0 Å². The van der Waals surface area contributed by atoms with Gasteiger partial charge in [-0.3, -0.25) is 0 Å². The molecule has 0 radical (unpaired) electrons. The molecule has 0 spiro atoms. The minimum atomic E-state index is -4.50. The van der Waals surface area contributed by atoms with Crippen LogP contribution in [0.1, 0.15) is 22.8 Å². The molecule has 0 saturated carbocycles. The summed E-state index contributed by atoms with van der Waals surface area (Å²) in [5.74, 6) is -0.677. The Labute approximate surface area is 118 Å². The number of carbonyl (C=O) groups is 1. The summed E-state index contributed by atoms with van der Waals surface area (Å²) in [6.07, 6.45) is -3.02. The van der Waals surface area contributed by atoms with Crippen molar-refractivity contribution in [3.8, 4) is 5.69 Å². The maximum atomic E-state index is 12.6. The maximum Gasteiger partial charge on any atom is 0.419 e. The summed E-state index contributed by atoms with van der Waals surface area (Å²) in [6.45, 7) is 1.76. The molecule has 0 amide bonds. The zero-order valence-electron chi connectivity index (χ0n) is 11.0. The number of hydrogen-bond acceptors (Lipinski definition) is 4. The van der Waals surface area contributed by atoms with Gasteiger partial charge in [-0.1, -0.05) is 0 Å². The zero-order chi connectivity index (χ0) is 15.6. The minimum Gasteiger partial charge on any atom is -0.462 e. The van der Waals surface area contributed by atoms with Crippen LogP contribution in [-0.2, 0) is 10.9 Å². The summed E-state index contributed by atoms with van der Waals surface area (Å²) in [5, 5.41) is 3.63. The number of carbonyl (C=O) groups excluding carboxylic acids is 1. The average molecular weight is 299 g/mol. The smallest absolute Gasteiger partial charge is 0.419 e. The van der Waals surface area contributed by atoms with Gasteiger partial charge in [0.1, 0.15) is 0 Å². The normalized spacial score (nSPS) is 11.4. The third kappa shape index (κ3) is 3.15. The largest absolute Gasteiger partial charge is 0.462 e. The van der Waals surface area contributed by atoms with E-state index in [2.05, 4.69) is 5.10 Å². The van der Waals surface area contributed by atoms with Crippen LogP contribution < -0.4 is 5.73 Å². The summed E-state index contributed by atoms with van der Waals surface area (Å²) in [5.41, 5.74) is 5.20. The first kappa shape index (κ1) is 14.9. The number of aromatic nitrogens is 2. The highest BCUT2D eigenvalue weighted by Gasteiger charge is 2.32. The van der Waals surface area contributed by atoms with E-state index in [4.69, 9.17) is 10.5 Å². The predicted octanol–water partition coefficient (Wildman–Crippen LogP) is 2.65. The number of benzene rings is 1. The minimum absolute atomic E-state index is 0.0497. The number of rotatable bonds is 3. The first-order valence-corrected chi connectivity index (χ1v) is 6.02. The standard InChI is InChI=1S/C13H12F3N3O2/c1-2-21-12(20)10-5-9(17)3-4-11(10)19-7-8(6-18-19)13(14,15)16/h3-7H,2,17H2,1H3. The lowest BCUT2D eigenvalue weighted by Crippen LogP contribution is -2.11. The number of alkyl halides is 3. The molecule has 2 N–H and O–H groups in total. The summed E-state index contributed by atoms with van der Waals surface area (Å²) < 4.78 is 43.6. The summed E-state index contributed by atoms with van der Waals surface area (Å²) in [6, 6.07) is 4.21. The van der Waals surface area contributed by atoms with E-state index in [1.807, 2.05) is 0 Å². The van der Waals surface area contributed by atoms with E-state index in [0.717, 1.165) is 10.9 Å². The van der Waals surface area contributed by atoms with Crippen LogP contribution in [0.3, 0.4) is 0 Å². The SMILES string of the molecule is CCOC(=O)c1cc(N)ccc1-n1cc(C(F)(F)F)cn1. The Morgan fingerprint density at radius 1 is 1.43 bits per heavy atom. The van der Waals surface area contributed by atoms with E-state index >= 15 is 0 Å². The lowest BCUT2D eigenvalue weighted by Gasteiger charge is -2.10. The number of nitrogens with two attached hydrogens (primary N) is 1. The Morgan fingerprint density at radius 2 is 2.14 bits per heavy atom. The highest BCUT2D eigenvalue weighted by atomic mass is 19.4. The Morgan fingerprint density at radius 3 is 2.71 bits per heavy atom. The Kier molecular flexibility index (Phi) is 3.88. The molecule has 8 heteroatoms. The van der Waals surface area contributed by atoms with E-state index in [9.17, 15) is 18.0 Å². The number of esters is 1. The fraction of sp³-hybridized carbons (Fsp3) is 0.231. The molecule has 5 nitrogen and oxygen atoms in total. The molecule has 0 fully saturated rings. The molecule has 1 aromatic heterocycles. The fourth-order valence-electron chi connectivity index (χ4n) is 1.73. The van der Waals surface area contributed by atoms with Crippen LogP contribution in [0.4, 0.5) is 18.9 Å². The molecule has 0 bridgehead atoms. The van der Waals surface area contributed by atoms with E-state index in [1.165, 1.54) is 18.2 Å². The zero-order valence-corrected chi connectivity index (χ0v) is 11.0. The van der Waals surface area contributed by atoms with Gasteiger partial charge in [-0.25, -0.2) is 9.48 Å². The molecular weight excluding hydrogens is 287 g/mol. The van der Waals surface area contributed by atoms with Gasteiger partial charge in [-0.15, -0.1) is 0 Å². The number of halogens is 3. The van der Waals surface area contributed by atoms with Gasteiger partial charge in [0, 0.05) is 11.9 Å². The van der Waals surface area contributed by atoms with Crippen LogP contribution in [0.25, 0.3) is 5.69 Å². The number of ether oxygens (including phenoxy) is 1. The van der Waals surface area contributed by atoms with Crippen LogP contribution in [-0.4, -0.2) is 22.4 Å². The fourth-order valence-corrected chi connectivity index (χ4v) is 1.73. The summed E-state index contributed by atoms with van der Waals surface area (Å²) in [7, 11) is 0. The van der Waals surface area contributed by atoms with Crippen LogP contribution in [0.15, 0.2) is 30.6 Å². The molecular formula is C13H12F3N3O2. The molecule has 112 valence electrons. The molecule has 0 unspecified atom stereocenters. The monoisotopic (exact) mass is 299 g/mol. The second kappa shape index (κ2) is 5.47. The molecule has 0 saturated heterocycles. The first-order chi connectivity index (χ1) is 9.82. The van der Waals surface area contributed by atoms with Crippen molar-refractivity contribution in [1.29, 1.82) is 0 Å². The van der Waals surface area contributed by atoms with Gasteiger partial charge >= 0.3 is 12.1 Å². The van der Waals surface area contributed by atoms with Crippen molar-refractivity contribution in [2.24, 2.45) is 0 Å². The topological polar surface area (TPSA) is 70.1 Å². The van der Waals surface area contributed by atoms with Crippen LogP contribution in [0, 0.1) is 0 Å². The van der Waals surface area contributed by atoms with Gasteiger partial charge < -0.3 is 10.5 Å². The number of hydrogen-bond donors (Lipinski definition) is 1. The predicted molar refractivity (Wildman–Crippen MR) is 68.9 cm³/mol. The second-order valence-electron chi connectivity index (χ2n) is 4.17. The molecule has 0 aliphatic carbocycles. The van der Waals surface area contributed by atoms with Crippen molar-refractivity contribution >= 4 is 11.7 Å². The van der Waals surface area contributed by atoms with Crippen LogP contribution in [0.2, 0.25) is 0 Å². The van der Waals surface area contributed by atoms with Gasteiger partial charge in [0.05, 0.1) is 29.6 Å². The van der Waals surface area contributed by atoms with E-state index in [1.54, 1.807) is 6.92 Å². The van der Waals surface area contributed by atoms with Crippen molar-refractivity contribution < 1.29 is 22.7 Å². The number of nitrogens with zero attached hydrogens (tertiary/aromatic N) is 2. The van der Waals surface area contributed by atoms with Crippen molar-refractivity contribution in [2.75, 3.05) is 12.3 Å². The van der Waals surface area contributed by atoms with E-state index in [0.29, 0.717) is 11.9 Å². The van der Waals surface area contributed by atoms with E-state index < -0.39 is 17.7 Å². The van der Waals surface area contributed by atoms with Crippen molar-refractivity contribution in [3.05, 3.63) is 41.7 Å². The molecule has 2 rings (SSSR count). The third-order valence-corrected chi connectivity index (χ3v) is 2.67. The van der Waals surface area contributed by atoms with Crippen molar-refractivity contribution in [3.63, 3.8) is 0 Å². The summed E-state index contributed by atoms with van der Waals surface area (Å²) >= 11 is 0. The van der Waals surface area contributed by atoms with Gasteiger partial charge in [0.15, 0.2) is 0 Å². The molecule has 2 aromatic rings. The Balaban J connectivity index is 2.48. The van der Waals surface area contributed by atoms with Gasteiger partial charge in [-0.2, -0.15) is 18.3 Å². The third-order valence-electron chi connectivity index (χ3n) is 2.67. The highest BCUT2D eigenvalue weighted by molar-refractivity contribution is 5.94. The number of nitrogen functional groups attached to an aromatic ring is 1. The quantitative estimate of drug-likeness (QED) is 0.698. The first-order valence-electron chi connectivity index (χ1n) is 6.02. The number of anilines is 1. The molecule has 1 heterocycles. The Bertz CT molecular complexity index is 665. The van der Waals surface area contributed by atoms with E-state index in [-0.39, 0.29) is 17.9 Å². The van der Waals surface area contributed by atoms with Crippen molar-refractivity contribution in [1.82, 2.24) is 9.78 Å². The van der Waals surface area contributed by atoms with Gasteiger partial charge in [0.25, 0.3) is 0 Å². The molecule has 1 aromatic carbocycles. The maximum absolute atomic E-state index is 12.6. The van der Waals surface area contributed by atoms with Crippen molar-refractivity contribution in [2.45, 2.75) is 13.1 Å². The average Bonchev–Trinajstić information content (AvgIpc) is 2.88. The lowest BCUT2D eigenvalue weighted by molar-refractivity contribution is -0.137.